The van der Waals surface area contributed by atoms with E-state index in [9.17, 15) is 4.79 Å². The first-order chi connectivity index (χ1) is 5.25. The maximum Gasteiger partial charge on any atom is 0.314 e. The maximum absolute atomic E-state index is 10.9. The zero-order valence-corrected chi connectivity index (χ0v) is 6.50. The Balaban J connectivity index is 2.70. The molecule has 0 aliphatic carbocycles. The van der Waals surface area contributed by atoms with Crippen LogP contribution >= 0.6 is 0 Å². The minimum atomic E-state index is -0.262. The predicted molar refractivity (Wildman–Crippen MR) is 39.0 cm³/mol. The van der Waals surface area contributed by atoms with Crippen LogP contribution in [0.25, 0.3) is 0 Å². The normalized spacial score (nSPS) is 12.5. The van der Waals surface area contributed by atoms with Gasteiger partial charge in [-0.05, 0) is 6.92 Å². The number of H-pyrrole nitrogens is 1. The molecule has 0 aliphatic heterocycles. The van der Waals surface area contributed by atoms with Crippen LogP contribution in [0, 0.1) is 0 Å². The number of nitrogens with zero attached hydrogens (tertiary/aromatic N) is 1. The second-order valence-corrected chi connectivity index (χ2v) is 2.25. The van der Waals surface area contributed by atoms with Gasteiger partial charge in [0.15, 0.2) is 0 Å². The molecule has 0 amide bonds. The SMILES string of the molecule is COC(=O)C(C)c1cnc[nH]1. The number of esters is 1. The van der Waals surface area contributed by atoms with Gasteiger partial charge < -0.3 is 9.72 Å². The number of hydrogen-bond donors (Lipinski definition) is 1. The Labute approximate surface area is 64.6 Å². The monoisotopic (exact) mass is 154 g/mol. The summed E-state index contributed by atoms with van der Waals surface area (Å²) in [5.41, 5.74) is 0.775. The van der Waals surface area contributed by atoms with E-state index in [1.54, 1.807) is 13.1 Å². The van der Waals surface area contributed by atoms with Gasteiger partial charge in [-0.3, -0.25) is 4.79 Å². The van der Waals surface area contributed by atoms with Gasteiger partial charge in [-0.2, -0.15) is 0 Å². The number of hydrogen-bond acceptors (Lipinski definition) is 3. The van der Waals surface area contributed by atoms with E-state index in [4.69, 9.17) is 0 Å². The summed E-state index contributed by atoms with van der Waals surface area (Å²) in [5, 5.41) is 0. The quantitative estimate of drug-likeness (QED) is 0.637. The van der Waals surface area contributed by atoms with Gasteiger partial charge in [0.05, 0.1) is 19.4 Å². The molecule has 1 atom stereocenters. The molecule has 0 saturated carbocycles. The highest BCUT2D eigenvalue weighted by Gasteiger charge is 2.15. The number of aromatic amines is 1. The lowest BCUT2D eigenvalue weighted by Gasteiger charge is -2.04. The van der Waals surface area contributed by atoms with Crippen molar-refractivity contribution in [3.63, 3.8) is 0 Å². The summed E-state index contributed by atoms with van der Waals surface area (Å²) in [5.74, 6) is -0.517. The summed E-state index contributed by atoms with van der Waals surface area (Å²) >= 11 is 0. The van der Waals surface area contributed by atoms with Crippen molar-refractivity contribution < 1.29 is 9.53 Å². The highest BCUT2D eigenvalue weighted by Crippen LogP contribution is 2.11. The third kappa shape index (κ3) is 1.58. The van der Waals surface area contributed by atoms with E-state index >= 15 is 0 Å². The molecule has 60 valence electrons. The third-order valence-electron chi connectivity index (χ3n) is 1.54. The van der Waals surface area contributed by atoms with Crippen molar-refractivity contribution in [2.24, 2.45) is 0 Å². The Morgan fingerprint density at radius 1 is 1.82 bits per heavy atom. The molecule has 0 aromatic carbocycles. The molecule has 0 spiro atoms. The minimum absolute atomic E-state index is 0.255. The number of nitrogens with one attached hydrogen (secondary N) is 1. The van der Waals surface area contributed by atoms with Crippen molar-refractivity contribution in [1.82, 2.24) is 9.97 Å². The van der Waals surface area contributed by atoms with E-state index in [1.165, 1.54) is 13.4 Å². The molecule has 1 heterocycles. The van der Waals surface area contributed by atoms with E-state index in [0.717, 1.165) is 5.69 Å². The van der Waals surface area contributed by atoms with E-state index in [1.807, 2.05) is 0 Å². The lowest BCUT2D eigenvalue weighted by Crippen LogP contribution is -2.10. The van der Waals surface area contributed by atoms with Gasteiger partial charge in [-0.1, -0.05) is 0 Å². The Kier molecular flexibility index (Phi) is 2.25. The molecule has 4 nitrogen and oxygen atoms in total. The summed E-state index contributed by atoms with van der Waals surface area (Å²) in [7, 11) is 1.37. The first kappa shape index (κ1) is 7.78. The fourth-order valence-corrected chi connectivity index (χ4v) is 0.807. The van der Waals surface area contributed by atoms with Gasteiger partial charge in [0.2, 0.25) is 0 Å². The van der Waals surface area contributed by atoms with E-state index in [2.05, 4.69) is 14.7 Å². The fourth-order valence-electron chi connectivity index (χ4n) is 0.807. The molecule has 1 aromatic heterocycles. The summed E-state index contributed by atoms with van der Waals surface area (Å²) in [6.45, 7) is 1.76. The number of methoxy groups -OCH3 is 1. The van der Waals surface area contributed by atoms with Crippen molar-refractivity contribution in [1.29, 1.82) is 0 Å². The Bertz CT molecular complexity index is 231. The van der Waals surface area contributed by atoms with Crippen molar-refractivity contribution in [3.8, 4) is 0 Å². The number of rotatable bonds is 2. The number of carbonyl (C=O) groups excluding carboxylic acids is 1. The van der Waals surface area contributed by atoms with Crippen LogP contribution in [-0.2, 0) is 9.53 Å². The van der Waals surface area contributed by atoms with Crippen LogP contribution in [-0.4, -0.2) is 23.0 Å². The standard InChI is InChI=1S/C7H10N2O2/c1-5(7(10)11-2)6-3-8-4-9-6/h3-5H,1-2H3,(H,8,9). The van der Waals surface area contributed by atoms with Crippen LogP contribution in [0.3, 0.4) is 0 Å². The van der Waals surface area contributed by atoms with Crippen molar-refractivity contribution in [3.05, 3.63) is 18.2 Å². The van der Waals surface area contributed by atoms with Crippen molar-refractivity contribution in [2.45, 2.75) is 12.8 Å². The summed E-state index contributed by atoms with van der Waals surface area (Å²) in [6.07, 6.45) is 3.15. The topological polar surface area (TPSA) is 55.0 Å². The Morgan fingerprint density at radius 3 is 3.00 bits per heavy atom. The summed E-state index contributed by atoms with van der Waals surface area (Å²) in [6, 6.07) is 0. The second kappa shape index (κ2) is 3.18. The molecule has 0 bridgehead atoms. The third-order valence-corrected chi connectivity index (χ3v) is 1.54. The van der Waals surface area contributed by atoms with Gasteiger partial charge in [0.25, 0.3) is 0 Å². The van der Waals surface area contributed by atoms with Crippen molar-refractivity contribution in [2.75, 3.05) is 7.11 Å². The Morgan fingerprint density at radius 2 is 2.55 bits per heavy atom. The van der Waals surface area contributed by atoms with Crippen LogP contribution < -0.4 is 0 Å². The Hall–Kier alpha value is -1.32. The van der Waals surface area contributed by atoms with Crippen LogP contribution in [0.1, 0.15) is 18.5 Å². The van der Waals surface area contributed by atoms with Crippen LogP contribution in [0.15, 0.2) is 12.5 Å². The van der Waals surface area contributed by atoms with Gasteiger partial charge in [0.1, 0.15) is 0 Å². The van der Waals surface area contributed by atoms with Crippen LogP contribution in [0.5, 0.6) is 0 Å². The average Bonchev–Trinajstić information content (AvgIpc) is 2.53. The molecule has 0 radical (unpaired) electrons. The lowest BCUT2D eigenvalue weighted by molar-refractivity contribution is -0.142. The molecule has 0 saturated heterocycles. The van der Waals surface area contributed by atoms with Crippen LogP contribution in [0.2, 0.25) is 0 Å². The average molecular weight is 154 g/mol. The molecule has 1 N–H and O–H groups in total. The van der Waals surface area contributed by atoms with E-state index in [-0.39, 0.29) is 11.9 Å². The second-order valence-electron chi connectivity index (χ2n) is 2.25. The lowest BCUT2D eigenvalue weighted by atomic mass is 10.1. The van der Waals surface area contributed by atoms with Gasteiger partial charge >= 0.3 is 5.97 Å². The van der Waals surface area contributed by atoms with Gasteiger partial charge in [0, 0.05) is 11.9 Å². The highest BCUT2D eigenvalue weighted by atomic mass is 16.5. The molecule has 1 unspecified atom stereocenters. The fraction of sp³-hybridized carbons (Fsp3) is 0.429. The summed E-state index contributed by atoms with van der Waals surface area (Å²) in [4.78, 5) is 17.6. The number of ether oxygens (including phenoxy) is 1. The smallest absolute Gasteiger partial charge is 0.314 e. The molecule has 0 fully saturated rings. The van der Waals surface area contributed by atoms with Crippen molar-refractivity contribution >= 4 is 5.97 Å². The molecule has 1 rings (SSSR count). The zero-order chi connectivity index (χ0) is 8.27. The number of aromatic nitrogens is 2. The molecule has 0 aliphatic rings. The largest absolute Gasteiger partial charge is 0.469 e. The molecular weight excluding hydrogens is 144 g/mol. The van der Waals surface area contributed by atoms with Crippen LogP contribution in [0.4, 0.5) is 0 Å². The van der Waals surface area contributed by atoms with E-state index < -0.39 is 0 Å². The van der Waals surface area contributed by atoms with Gasteiger partial charge in [-0.25, -0.2) is 4.98 Å². The highest BCUT2D eigenvalue weighted by molar-refractivity contribution is 5.76. The molecule has 11 heavy (non-hydrogen) atoms. The first-order valence-corrected chi connectivity index (χ1v) is 3.31. The first-order valence-electron chi connectivity index (χ1n) is 3.31. The molecule has 4 heteroatoms. The number of imidazole rings is 1. The summed E-state index contributed by atoms with van der Waals surface area (Å²) < 4.78 is 4.55. The zero-order valence-electron chi connectivity index (χ0n) is 6.50. The maximum atomic E-state index is 10.9. The molecule has 1 aromatic rings. The predicted octanol–water partition coefficient (Wildman–Crippen LogP) is 0.686. The molecular formula is C7H10N2O2. The van der Waals surface area contributed by atoms with Gasteiger partial charge in [-0.15, -0.1) is 0 Å². The number of carbonyl (C=O) groups is 1. The minimum Gasteiger partial charge on any atom is -0.469 e. The van der Waals surface area contributed by atoms with E-state index in [0.29, 0.717) is 0 Å².